The smallest absolute Gasteiger partial charge is 0.150 e. The zero-order chi connectivity index (χ0) is 15.6. The van der Waals surface area contributed by atoms with Crippen molar-refractivity contribution in [1.82, 2.24) is 0 Å². The van der Waals surface area contributed by atoms with E-state index in [-0.39, 0.29) is 17.1 Å². The van der Waals surface area contributed by atoms with E-state index in [0.29, 0.717) is 6.54 Å². The van der Waals surface area contributed by atoms with Crippen LogP contribution in [0.3, 0.4) is 0 Å². The molecule has 0 saturated heterocycles. The Morgan fingerprint density at radius 2 is 1.67 bits per heavy atom. The van der Waals surface area contributed by atoms with Gasteiger partial charge in [-0.1, -0.05) is 29.8 Å². The minimum Gasteiger partial charge on any atom is -0.384 e. The molecule has 0 aliphatic rings. The summed E-state index contributed by atoms with van der Waals surface area (Å²) in [6, 6.07) is 9.90. The van der Waals surface area contributed by atoms with Crippen molar-refractivity contribution in [3.63, 3.8) is 0 Å². The Morgan fingerprint density at radius 3 is 2.14 bits per heavy atom. The minimum atomic E-state index is -0.727. The largest absolute Gasteiger partial charge is 0.384 e. The summed E-state index contributed by atoms with van der Waals surface area (Å²) >= 11 is 0. The molecule has 0 amide bonds. The highest BCUT2D eigenvalue weighted by molar-refractivity contribution is 5.95. The Labute approximate surface area is 122 Å². The summed E-state index contributed by atoms with van der Waals surface area (Å²) in [6.07, 6.45) is 0. The number of hydrogen-bond donors (Lipinski definition) is 2. The summed E-state index contributed by atoms with van der Waals surface area (Å²) in [5.41, 5.74) is 7.25. The van der Waals surface area contributed by atoms with Crippen LogP contribution in [0.4, 0.5) is 14.5 Å². The summed E-state index contributed by atoms with van der Waals surface area (Å²) in [7, 11) is 1.62. The number of hydrogen-bond acceptors (Lipinski definition) is 2. The summed E-state index contributed by atoms with van der Waals surface area (Å²) in [4.78, 5) is 1.50. The number of nitrogens with two attached hydrogens (primary N) is 1. The number of anilines is 1. The molecule has 0 aliphatic heterocycles. The van der Waals surface area contributed by atoms with E-state index in [1.807, 2.05) is 31.2 Å². The molecule has 3 N–H and O–H groups in total. The van der Waals surface area contributed by atoms with Crippen LogP contribution < -0.4 is 10.6 Å². The first-order valence-electron chi connectivity index (χ1n) is 6.48. The standard InChI is InChI=1S/C16H17F2N3/c1-10-3-5-11(6-4-10)9-21(2)15-13(17)7-12(16(19)20)8-14(15)18/h3-8H,9H2,1-2H3,(H3,19,20). The predicted molar refractivity (Wildman–Crippen MR) is 80.7 cm³/mol. The maximum absolute atomic E-state index is 14.1. The van der Waals surface area contributed by atoms with E-state index >= 15 is 0 Å². The van der Waals surface area contributed by atoms with Crippen molar-refractivity contribution < 1.29 is 8.78 Å². The molecule has 0 heterocycles. The summed E-state index contributed by atoms with van der Waals surface area (Å²) < 4.78 is 28.1. The molecule has 0 fully saturated rings. The van der Waals surface area contributed by atoms with Gasteiger partial charge < -0.3 is 10.6 Å². The van der Waals surface area contributed by atoms with E-state index in [1.54, 1.807) is 7.05 Å². The normalized spacial score (nSPS) is 10.5. The van der Waals surface area contributed by atoms with Crippen LogP contribution in [0.2, 0.25) is 0 Å². The Balaban J connectivity index is 2.28. The maximum Gasteiger partial charge on any atom is 0.150 e. The molecule has 2 rings (SSSR count). The zero-order valence-electron chi connectivity index (χ0n) is 12.0. The summed E-state index contributed by atoms with van der Waals surface area (Å²) in [5.74, 6) is -1.81. The fourth-order valence-corrected chi connectivity index (χ4v) is 2.13. The molecule has 21 heavy (non-hydrogen) atoms. The Bertz CT molecular complexity index is 643. The fraction of sp³-hybridized carbons (Fsp3) is 0.188. The monoisotopic (exact) mass is 289 g/mol. The van der Waals surface area contributed by atoms with Gasteiger partial charge in [-0.2, -0.15) is 0 Å². The Kier molecular flexibility index (Phi) is 4.21. The van der Waals surface area contributed by atoms with Gasteiger partial charge in [0.25, 0.3) is 0 Å². The van der Waals surface area contributed by atoms with Gasteiger partial charge in [-0.3, -0.25) is 5.41 Å². The molecule has 0 aliphatic carbocycles. The zero-order valence-corrected chi connectivity index (χ0v) is 12.0. The molecule has 0 atom stereocenters. The van der Waals surface area contributed by atoms with Crippen molar-refractivity contribution in [2.75, 3.05) is 11.9 Å². The third kappa shape index (κ3) is 3.37. The van der Waals surface area contributed by atoms with E-state index in [1.165, 1.54) is 4.90 Å². The average molecular weight is 289 g/mol. The summed E-state index contributed by atoms with van der Waals surface area (Å²) in [5, 5.41) is 7.24. The first-order valence-corrected chi connectivity index (χ1v) is 6.48. The maximum atomic E-state index is 14.1. The number of nitrogens with zero attached hydrogens (tertiary/aromatic N) is 1. The van der Waals surface area contributed by atoms with Crippen LogP contribution in [0.15, 0.2) is 36.4 Å². The topological polar surface area (TPSA) is 53.1 Å². The quantitative estimate of drug-likeness (QED) is 0.671. The van der Waals surface area contributed by atoms with Crippen LogP contribution >= 0.6 is 0 Å². The second-order valence-electron chi connectivity index (χ2n) is 5.04. The van der Waals surface area contributed by atoms with Gasteiger partial charge in [0.2, 0.25) is 0 Å². The fourth-order valence-electron chi connectivity index (χ4n) is 2.13. The first-order chi connectivity index (χ1) is 9.88. The number of aryl methyl sites for hydroxylation is 1. The van der Waals surface area contributed by atoms with Gasteiger partial charge in [-0.15, -0.1) is 0 Å². The van der Waals surface area contributed by atoms with Gasteiger partial charge in [0.05, 0.1) is 0 Å². The van der Waals surface area contributed by atoms with Crippen LogP contribution in [-0.2, 0) is 6.54 Å². The predicted octanol–water partition coefficient (Wildman–Crippen LogP) is 3.19. The first kappa shape index (κ1) is 15.0. The molecule has 0 unspecified atom stereocenters. The molecule has 0 bridgehead atoms. The molecule has 2 aromatic rings. The highest BCUT2D eigenvalue weighted by Crippen LogP contribution is 2.25. The number of benzene rings is 2. The third-order valence-electron chi connectivity index (χ3n) is 3.25. The Hall–Kier alpha value is -2.43. The molecule has 0 radical (unpaired) electrons. The molecule has 0 saturated carbocycles. The minimum absolute atomic E-state index is 0.0393. The van der Waals surface area contributed by atoms with E-state index in [0.717, 1.165) is 23.3 Å². The van der Waals surface area contributed by atoms with Crippen LogP contribution in [0, 0.1) is 24.0 Å². The van der Waals surface area contributed by atoms with E-state index in [9.17, 15) is 8.78 Å². The van der Waals surface area contributed by atoms with Crippen molar-refractivity contribution in [2.24, 2.45) is 5.73 Å². The van der Waals surface area contributed by atoms with Crippen molar-refractivity contribution in [3.05, 3.63) is 64.7 Å². The van der Waals surface area contributed by atoms with Gasteiger partial charge in [-0.05, 0) is 24.6 Å². The average Bonchev–Trinajstić information content (AvgIpc) is 2.40. The van der Waals surface area contributed by atoms with Crippen LogP contribution in [0.5, 0.6) is 0 Å². The number of amidine groups is 1. The number of nitrogen functional groups attached to an aromatic ring is 1. The molecule has 2 aromatic carbocycles. The molecule has 110 valence electrons. The number of halogens is 2. The van der Waals surface area contributed by atoms with Gasteiger partial charge in [0.1, 0.15) is 23.2 Å². The van der Waals surface area contributed by atoms with Gasteiger partial charge >= 0.3 is 0 Å². The van der Waals surface area contributed by atoms with Crippen molar-refractivity contribution in [2.45, 2.75) is 13.5 Å². The molecule has 3 nitrogen and oxygen atoms in total. The number of nitrogens with one attached hydrogen (secondary N) is 1. The number of rotatable bonds is 4. The van der Waals surface area contributed by atoms with Crippen molar-refractivity contribution in [3.8, 4) is 0 Å². The third-order valence-corrected chi connectivity index (χ3v) is 3.25. The van der Waals surface area contributed by atoms with Crippen LogP contribution in [-0.4, -0.2) is 12.9 Å². The lowest BCUT2D eigenvalue weighted by Crippen LogP contribution is -2.20. The van der Waals surface area contributed by atoms with Gasteiger partial charge in [-0.25, -0.2) is 8.78 Å². The summed E-state index contributed by atoms with van der Waals surface area (Å²) in [6.45, 7) is 2.36. The highest BCUT2D eigenvalue weighted by atomic mass is 19.1. The van der Waals surface area contributed by atoms with Gasteiger partial charge in [0.15, 0.2) is 0 Å². The second-order valence-corrected chi connectivity index (χ2v) is 5.04. The lowest BCUT2D eigenvalue weighted by Gasteiger charge is -2.21. The van der Waals surface area contributed by atoms with Gasteiger partial charge in [0, 0.05) is 19.2 Å². The molecule has 0 spiro atoms. The van der Waals surface area contributed by atoms with Crippen LogP contribution in [0.25, 0.3) is 0 Å². The highest BCUT2D eigenvalue weighted by Gasteiger charge is 2.16. The van der Waals surface area contributed by atoms with E-state index < -0.39 is 11.6 Å². The van der Waals surface area contributed by atoms with Crippen molar-refractivity contribution >= 4 is 11.5 Å². The molecular formula is C16H17F2N3. The molecular weight excluding hydrogens is 272 g/mol. The lowest BCUT2D eigenvalue weighted by molar-refractivity contribution is 0.576. The lowest BCUT2D eigenvalue weighted by atomic mass is 10.1. The van der Waals surface area contributed by atoms with Crippen LogP contribution in [0.1, 0.15) is 16.7 Å². The molecule has 5 heteroatoms. The van der Waals surface area contributed by atoms with Crippen molar-refractivity contribution in [1.29, 1.82) is 5.41 Å². The second kappa shape index (κ2) is 5.91. The van der Waals surface area contributed by atoms with E-state index in [4.69, 9.17) is 11.1 Å². The van der Waals surface area contributed by atoms with E-state index in [2.05, 4.69) is 0 Å². The Morgan fingerprint density at radius 1 is 1.14 bits per heavy atom. The molecule has 0 aromatic heterocycles. The SMILES string of the molecule is Cc1ccc(CN(C)c2c(F)cc(C(=N)N)cc2F)cc1.